The van der Waals surface area contributed by atoms with Crippen LogP contribution in [0.25, 0.3) is 10.8 Å². The Balaban J connectivity index is 1.68. The molecule has 2 heterocycles. The molecular formula is C20H20N4O3S. The normalized spacial score (nSPS) is 11.8. The van der Waals surface area contributed by atoms with Gasteiger partial charge in [0.15, 0.2) is 10.8 Å². The van der Waals surface area contributed by atoms with Crippen molar-refractivity contribution in [1.82, 2.24) is 20.3 Å². The molecule has 0 aliphatic heterocycles. The van der Waals surface area contributed by atoms with Gasteiger partial charge in [0.25, 0.3) is 5.91 Å². The maximum Gasteiger partial charge on any atom is 0.308 e. The van der Waals surface area contributed by atoms with E-state index in [1.54, 1.807) is 25.4 Å². The van der Waals surface area contributed by atoms with Crippen LogP contribution in [0.1, 0.15) is 26.5 Å². The lowest BCUT2D eigenvalue weighted by atomic mass is 9.98. The molecule has 7 nitrogen and oxygen atoms in total. The monoisotopic (exact) mass is 396 g/mol. The number of carbonyl (C=O) groups excluding carboxylic acids is 1. The summed E-state index contributed by atoms with van der Waals surface area (Å²) >= 11 is 1.19. The molecule has 0 spiro atoms. The first-order valence-electron chi connectivity index (χ1n) is 8.75. The second kappa shape index (κ2) is 8.71. The molecule has 2 aromatic heterocycles. The first-order valence-corrected chi connectivity index (χ1v) is 9.57. The largest absolute Gasteiger partial charge is 0.481 e. The van der Waals surface area contributed by atoms with Crippen molar-refractivity contribution in [3.05, 3.63) is 64.4 Å². The van der Waals surface area contributed by atoms with Crippen molar-refractivity contribution in [1.29, 1.82) is 0 Å². The molecule has 3 aromatic rings. The van der Waals surface area contributed by atoms with E-state index in [0.29, 0.717) is 27.8 Å². The number of hydrogen-bond acceptors (Lipinski definition) is 6. The third-order valence-electron chi connectivity index (χ3n) is 4.18. The van der Waals surface area contributed by atoms with Gasteiger partial charge < -0.3 is 10.4 Å². The first-order chi connectivity index (χ1) is 13.4. The standard InChI is InChI=1S/C20H20N4O3S/c1-12-5-3-6-14(9-12)10-15(20(26)27)11-23-18(25)16-13(2)24-19(28-16)17-21-7-4-8-22-17/h3-9,15H,10-11H2,1-2H3,(H,23,25)(H,26,27). The van der Waals surface area contributed by atoms with Gasteiger partial charge in [-0.2, -0.15) is 0 Å². The summed E-state index contributed by atoms with van der Waals surface area (Å²) in [6, 6.07) is 9.41. The lowest BCUT2D eigenvalue weighted by Gasteiger charge is -2.13. The van der Waals surface area contributed by atoms with E-state index in [4.69, 9.17) is 0 Å². The summed E-state index contributed by atoms with van der Waals surface area (Å²) in [6.45, 7) is 3.73. The Morgan fingerprint density at radius 3 is 2.61 bits per heavy atom. The Morgan fingerprint density at radius 1 is 1.18 bits per heavy atom. The highest BCUT2D eigenvalue weighted by molar-refractivity contribution is 7.17. The summed E-state index contributed by atoms with van der Waals surface area (Å²) in [4.78, 5) is 37.3. The number of aryl methyl sites for hydroxylation is 2. The Labute approximate surface area is 166 Å². The molecule has 0 aliphatic carbocycles. The van der Waals surface area contributed by atoms with Crippen molar-refractivity contribution in [2.75, 3.05) is 6.54 Å². The quantitative estimate of drug-likeness (QED) is 0.636. The summed E-state index contributed by atoms with van der Waals surface area (Å²) in [5, 5.41) is 12.8. The van der Waals surface area contributed by atoms with Gasteiger partial charge in [-0.15, -0.1) is 11.3 Å². The van der Waals surface area contributed by atoms with Gasteiger partial charge in [-0.1, -0.05) is 29.8 Å². The Bertz CT molecular complexity index is 988. The highest BCUT2D eigenvalue weighted by Gasteiger charge is 2.22. The van der Waals surface area contributed by atoms with Crippen molar-refractivity contribution >= 4 is 23.2 Å². The van der Waals surface area contributed by atoms with Crippen LogP contribution in [0.3, 0.4) is 0 Å². The van der Waals surface area contributed by atoms with E-state index >= 15 is 0 Å². The van der Waals surface area contributed by atoms with Crippen LogP contribution in [-0.2, 0) is 11.2 Å². The molecule has 1 aromatic carbocycles. The van der Waals surface area contributed by atoms with E-state index in [-0.39, 0.29) is 12.5 Å². The number of nitrogens with zero attached hydrogens (tertiary/aromatic N) is 3. The zero-order valence-electron chi connectivity index (χ0n) is 15.5. The first kappa shape index (κ1) is 19.6. The maximum atomic E-state index is 12.6. The molecule has 28 heavy (non-hydrogen) atoms. The van der Waals surface area contributed by atoms with E-state index in [1.807, 2.05) is 31.2 Å². The topological polar surface area (TPSA) is 105 Å². The SMILES string of the molecule is Cc1cccc(CC(CNC(=O)c2sc(-c3ncccn3)nc2C)C(=O)O)c1. The maximum absolute atomic E-state index is 12.6. The molecule has 144 valence electrons. The predicted molar refractivity (Wildman–Crippen MR) is 106 cm³/mol. The van der Waals surface area contributed by atoms with Crippen molar-refractivity contribution in [2.45, 2.75) is 20.3 Å². The molecule has 8 heteroatoms. The fourth-order valence-corrected chi connectivity index (χ4v) is 3.71. The number of aliphatic carboxylic acids is 1. The average molecular weight is 396 g/mol. The zero-order chi connectivity index (χ0) is 20.1. The molecule has 0 radical (unpaired) electrons. The minimum absolute atomic E-state index is 0.0383. The molecule has 0 aliphatic rings. The van der Waals surface area contributed by atoms with Crippen LogP contribution < -0.4 is 5.32 Å². The van der Waals surface area contributed by atoms with Crippen LogP contribution in [0.4, 0.5) is 0 Å². The molecule has 1 unspecified atom stereocenters. The summed E-state index contributed by atoms with van der Waals surface area (Å²) in [6.07, 6.45) is 3.57. The number of thiazole rings is 1. The number of aromatic nitrogens is 3. The number of nitrogens with one attached hydrogen (secondary N) is 1. The molecule has 0 saturated heterocycles. The second-order valence-corrected chi connectivity index (χ2v) is 7.44. The van der Waals surface area contributed by atoms with Crippen molar-refractivity contribution < 1.29 is 14.7 Å². The Kier molecular flexibility index (Phi) is 6.10. The van der Waals surface area contributed by atoms with Gasteiger partial charge in [-0.05, 0) is 31.9 Å². The fourth-order valence-electron chi connectivity index (χ4n) is 2.78. The van der Waals surface area contributed by atoms with Crippen LogP contribution in [0.5, 0.6) is 0 Å². The Hall–Kier alpha value is -3.13. The van der Waals surface area contributed by atoms with Crippen LogP contribution in [0.2, 0.25) is 0 Å². The molecular weight excluding hydrogens is 376 g/mol. The van der Waals surface area contributed by atoms with E-state index < -0.39 is 11.9 Å². The minimum Gasteiger partial charge on any atom is -0.481 e. The minimum atomic E-state index is -0.943. The average Bonchev–Trinajstić information content (AvgIpc) is 3.07. The highest BCUT2D eigenvalue weighted by Crippen LogP contribution is 2.25. The number of hydrogen-bond donors (Lipinski definition) is 2. The van der Waals surface area contributed by atoms with E-state index in [2.05, 4.69) is 20.3 Å². The summed E-state index contributed by atoms with van der Waals surface area (Å²) in [5.41, 5.74) is 2.57. The van der Waals surface area contributed by atoms with Gasteiger partial charge in [0.1, 0.15) is 4.88 Å². The second-order valence-electron chi connectivity index (χ2n) is 6.44. The van der Waals surface area contributed by atoms with E-state index in [1.165, 1.54) is 11.3 Å². The third kappa shape index (κ3) is 4.77. The Morgan fingerprint density at radius 2 is 1.93 bits per heavy atom. The van der Waals surface area contributed by atoms with Gasteiger partial charge in [0.2, 0.25) is 0 Å². The van der Waals surface area contributed by atoms with Crippen LogP contribution in [-0.4, -0.2) is 38.5 Å². The van der Waals surface area contributed by atoms with Crippen molar-refractivity contribution in [3.63, 3.8) is 0 Å². The van der Waals surface area contributed by atoms with Crippen LogP contribution >= 0.6 is 11.3 Å². The van der Waals surface area contributed by atoms with E-state index in [0.717, 1.165) is 11.1 Å². The van der Waals surface area contributed by atoms with Crippen molar-refractivity contribution in [3.8, 4) is 10.8 Å². The number of carbonyl (C=O) groups is 2. The van der Waals surface area contributed by atoms with Gasteiger partial charge >= 0.3 is 5.97 Å². The lowest BCUT2D eigenvalue weighted by Crippen LogP contribution is -2.34. The van der Waals surface area contributed by atoms with E-state index in [9.17, 15) is 14.7 Å². The number of amides is 1. The third-order valence-corrected chi connectivity index (χ3v) is 5.33. The van der Waals surface area contributed by atoms with Crippen LogP contribution in [0, 0.1) is 19.8 Å². The fraction of sp³-hybridized carbons (Fsp3) is 0.250. The summed E-state index contributed by atoms with van der Waals surface area (Å²) in [7, 11) is 0. The van der Waals surface area contributed by atoms with Gasteiger partial charge in [-0.3, -0.25) is 9.59 Å². The summed E-state index contributed by atoms with van der Waals surface area (Å²) in [5.74, 6) is -1.54. The molecule has 0 fully saturated rings. The number of carboxylic acid groups (broad SMARTS) is 1. The molecule has 1 amide bonds. The number of rotatable bonds is 7. The van der Waals surface area contributed by atoms with Crippen LogP contribution in [0.15, 0.2) is 42.7 Å². The number of benzene rings is 1. The zero-order valence-corrected chi connectivity index (χ0v) is 16.4. The molecule has 1 atom stereocenters. The van der Waals surface area contributed by atoms with Crippen molar-refractivity contribution in [2.24, 2.45) is 5.92 Å². The van der Waals surface area contributed by atoms with Gasteiger partial charge in [0.05, 0.1) is 11.6 Å². The van der Waals surface area contributed by atoms with Gasteiger partial charge in [-0.25, -0.2) is 15.0 Å². The smallest absolute Gasteiger partial charge is 0.308 e. The summed E-state index contributed by atoms with van der Waals surface area (Å²) < 4.78 is 0. The molecule has 3 rings (SSSR count). The molecule has 0 saturated carbocycles. The number of carboxylic acids is 1. The lowest BCUT2D eigenvalue weighted by molar-refractivity contribution is -0.141. The predicted octanol–water partition coefficient (Wildman–Crippen LogP) is 2.89. The molecule has 2 N–H and O–H groups in total. The highest BCUT2D eigenvalue weighted by atomic mass is 32.1. The van der Waals surface area contributed by atoms with Gasteiger partial charge in [0, 0.05) is 18.9 Å². The molecule has 0 bridgehead atoms.